The Morgan fingerprint density at radius 2 is 2.17 bits per heavy atom. The van der Waals surface area contributed by atoms with Crippen LogP contribution in [0.3, 0.4) is 0 Å². The molecule has 2 nitrogen and oxygen atoms in total. The van der Waals surface area contributed by atoms with Crippen LogP contribution in [0.15, 0.2) is 15.9 Å². The summed E-state index contributed by atoms with van der Waals surface area (Å²) >= 11 is 5.49. The van der Waals surface area contributed by atoms with Crippen molar-refractivity contribution in [1.29, 1.82) is 0 Å². The molecule has 1 aliphatic rings. The fourth-order valence-electron chi connectivity index (χ4n) is 2.47. The number of rotatable bonds is 3. The molecule has 1 fully saturated rings. The molecule has 2 heterocycles. The predicted octanol–water partition coefficient (Wildman–Crippen LogP) is 3.86. The molecule has 4 heteroatoms. The maximum Gasteiger partial charge on any atom is 0.0346 e. The van der Waals surface area contributed by atoms with Crippen LogP contribution in [0.5, 0.6) is 0 Å². The molecule has 1 N–H and O–H groups in total. The summed E-state index contributed by atoms with van der Waals surface area (Å²) in [5.41, 5.74) is 0.470. The van der Waals surface area contributed by atoms with Crippen molar-refractivity contribution >= 4 is 27.3 Å². The molecule has 18 heavy (non-hydrogen) atoms. The number of nitrogens with zero attached hydrogens (tertiary/aromatic N) is 1. The van der Waals surface area contributed by atoms with Crippen molar-refractivity contribution in [3.63, 3.8) is 0 Å². The van der Waals surface area contributed by atoms with Crippen LogP contribution in [-0.4, -0.2) is 29.1 Å². The van der Waals surface area contributed by atoms with Gasteiger partial charge in [-0.05, 0) is 54.6 Å². The first-order chi connectivity index (χ1) is 8.36. The molecule has 1 atom stereocenters. The summed E-state index contributed by atoms with van der Waals surface area (Å²) in [6, 6.07) is 2.15. The average Bonchev–Trinajstić information content (AvgIpc) is 2.70. The smallest absolute Gasteiger partial charge is 0.0346 e. The maximum absolute atomic E-state index is 3.67. The Kier molecular flexibility index (Phi) is 4.22. The Bertz CT molecular complexity index is 416. The Morgan fingerprint density at radius 3 is 2.72 bits per heavy atom. The molecule has 0 aromatic carbocycles. The first kappa shape index (κ1) is 14.5. The van der Waals surface area contributed by atoms with Gasteiger partial charge in [0, 0.05) is 40.1 Å². The molecule has 0 saturated carbocycles. The monoisotopic (exact) mass is 330 g/mol. The van der Waals surface area contributed by atoms with Crippen LogP contribution in [0.25, 0.3) is 0 Å². The van der Waals surface area contributed by atoms with E-state index in [9.17, 15) is 0 Å². The number of piperazine rings is 1. The second kappa shape index (κ2) is 5.23. The highest BCUT2D eigenvalue weighted by Crippen LogP contribution is 2.32. The van der Waals surface area contributed by atoms with Gasteiger partial charge >= 0.3 is 0 Å². The van der Waals surface area contributed by atoms with E-state index < -0.39 is 0 Å². The van der Waals surface area contributed by atoms with Gasteiger partial charge in [-0.3, -0.25) is 4.90 Å². The lowest BCUT2D eigenvalue weighted by Gasteiger charge is -2.51. The fraction of sp³-hybridized carbons (Fsp3) is 0.714. The summed E-state index contributed by atoms with van der Waals surface area (Å²) in [6.07, 6.45) is 1.18. The molecule has 1 aromatic heterocycles. The Balaban J connectivity index is 2.18. The Hall–Kier alpha value is 0.100. The molecule has 1 saturated heterocycles. The van der Waals surface area contributed by atoms with E-state index in [-0.39, 0.29) is 11.1 Å². The first-order valence-electron chi connectivity index (χ1n) is 6.58. The zero-order valence-corrected chi connectivity index (χ0v) is 14.1. The lowest BCUT2D eigenvalue weighted by molar-refractivity contribution is 0.0182. The molecule has 2 rings (SSSR count). The van der Waals surface area contributed by atoms with Crippen molar-refractivity contribution in [1.82, 2.24) is 10.2 Å². The zero-order chi connectivity index (χ0) is 13.4. The van der Waals surface area contributed by atoms with Gasteiger partial charge in [0.25, 0.3) is 0 Å². The van der Waals surface area contributed by atoms with Crippen LogP contribution in [-0.2, 0) is 6.54 Å². The van der Waals surface area contributed by atoms with E-state index in [0.29, 0.717) is 0 Å². The van der Waals surface area contributed by atoms with Gasteiger partial charge in [0.05, 0.1) is 0 Å². The highest BCUT2D eigenvalue weighted by atomic mass is 79.9. The van der Waals surface area contributed by atoms with Crippen LogP contribution in [0.1, 0.15) is 39.0 Å². The van der Waals surface area contributed by atoms with Crippen molar-refractivity contribution in [2.24, 2.45) is 0 Å². The van der Waals surface area contributed by atoms with E-state index in [1.807, 2.05) is 11.3 Å². The van der Waals surface area contributed by atoms with Gasteiger partial charge in [-0.25, -0.2) is 0 Å². The number of halogens is 1. The molecule has 0 radical (unpaired) electrons. The fourth-order valence-corrected chi connectivity index (χ4v) is 3.96. The van der Waals surface area contributed by atoms with Crippen molar-refractivity contribution in [3.8, 4) is 0 Å². The van der Waals surface area contributed by atoms with Crippen molar-refractivity contribution in [3.05, 3.63) is 20.8 Å². The quantitative estimate of drug-likeness (QED) is 0.905. The predicted molar refractivity (Wildman–Crippen MR) is 83.2 cm³/mol. The number of thiophene rings is 1. The minimum absolute atomic E-state index is 0.207. The van der Waals surface area contributed by atoms with Gasteiger partial charge in [0.2, 0.25) is 0 Å². The third-order valence-corrected chi connectivity index (χ3v) is 6.00. The summed E-state index contributed by atoms with van der Waals surface area (Å²) in [7, 11) is 0. The van der Waals surface area contributed by atoms with Crippen LogP contribution < -0.4 is 5.32 Å². The molecular weight excluding hydrogens is 308 g/mol. The van der Waals surface area contributed by atoms with E-state index in [4.69, 9.17) is 0 Å². The summed E-state index contributed by atoms with van der Waals surface area (Å²) in [4.78, 5) is 4.08. The minimum atomic E-state index is 0.207. The van der Waals surface area contributed by atoms with E-state index in [0.717, 1.165) is 19.6 Å². The molecule has 0 amide bonds. The Labute approximate surface area is 123 Å². The highest BCUT2D eigenvalue weighted by Gasteiger charge is 2.39. The van der Waals surface area contributed by atoms with Gasteiger partial charge in [-0.2, -0.15) is 0 Å². The standard InChI is InChI=1S/C14H23BrN2S/c1-5-14(4)9-16-13(2,3)10-17(14)8-12-11(15)6-7-18-12/h6-7,16H,5,8-10H2,1-4H3. The molecule has 0 bridgehead atoms. The van der Waals surface area contributed by atoms with E-state index >= 15 is 0 Å². The molecule has 0 aliphatic carbocycles. The molecule has 1 aliphatic heterocycles. The summed E-state index contributed by atoms with van der Waals surface area (Å²) in [5.74, 6) is 0. The maximum atomic E-state index is 3.67. The first-order valence-corrected chi connectivity index (χ1v) is 8.25. The third kappa shape index (κ3) is 2.98. The van der Waals surface area contributed by atoms with Crippen LogP contribution >= 0.6 is 27.3 Å². The number of nitrogens with one attached hydrogen (secondary N) is 1. The molecular formula is C14H23BrN2S. The van der Waals surface area contributed by atoms with Gasteiger partial charge in [-0.1, -0.05) is 6.92 Å². The van der Waals surface area contributed by atoms with Crippen LogP contribution in [0.2, 0.25) is 0 Å². The third-order valence-electron chi connectivity index (χ3n) is 4.08. The zero-order valence-electron chi connectivity index (χ0n) is 11.7. The van der Waals surface area contributed by atoms with Crippen molar-refractivity contribution in [2.45, 2.75) is 51.7 Å². The largest absolute Gasteiger partial charge is 0.309 e. The summed E-state index contributed by atoms with van der Waals surface area (Å²) in [5, 5.41) is 5.84. The normalized spacial score (nSPS) is 28.5. The van der Waals surface area contributed by atoms with Crippen molar-refractivity contribution in [2.75, 3.05) is 13.1 Å². The second-order valence-electron chi connectivity index (χ2n) is 6.14. The van der Waals surface area contributed by atoms with E-state index in [1.54, 1.807) is 0 Å². The number of hydrogen-bond donors (Lipinski definition) is 1. The van der Waals surface area contributed by atoms with Crippen LogP contribution in [0, 0.1) is 0 Å². The highest BCUT2D eigenvalue weighted by molar-refractivity contribution is 9.10. The van der Waals surface area contributed by atoms with E-state index in [2.05, 4.69) is 65.3 Å². The average molecular weight is 331 g/mol. The topological polar surface area (TPSA) is 15.3 Å². The lowest BCUT2D eigenvalue weighted by Crippen LogP contribution is -2.66. The summed E-state index contributed by atoms with van der Waals surface area (Å²) in [6.45, 7) is 12.5. The second-order valence-corrected chi connectivity index (χ2v) is 7.99. The van der Waals surface area contributed by atoms with Gasteiger partial charge in [0.1, 0.15) is 0 Å². The minimum Gasteiger partial charge on any atom is -0.309 e. The van der Waals surface area contributed by atoms with E-state index in [1.165, 1.54) is 15.8 Å². The van der Waals surface area contributed by atoms with Gasteiger partial charge < -0.3 is 5.32 Å². The Morgan fingerprint density at radius 1 is 1.44 bits per heavy atom. The molecule has 1 unspecified atom stereocenters. The number of hydrogen-bond acceptors (Lipinski definition) is 3. The van der Waals surface area contributed by atoms with Crippen molar-refractivity contribution < 1.29 is 0 Å². The SMILES string of the molecule is CCC1(C)CNC(C)(C)CN1Cc1sccc1Br. The van der Waals surface area contributed by atoms with Crippen LogP contribution in [0.4, 0.5) is 0 Å². The summed E-state index contributed by atoms with van der Waals surface area (Å²) < 4.78 is 1.25. The van der Waals surface area contributed by atoms with Gasteiger partial charge in [-0.15, -0.1) is 11.3 Å². The lowest BCUT2D eigenvalue weighted by atomic mass is 9.88. The van der Waals surface area contributed by atoms with Gasteiger partial charge in [0.15, 0.2) is 0 Å². The molecule has 102 valence electrons. The molecule has 1 aromatic rings. The molecule has 0 spiro atoms.